The Labute approximate surface area is 103 Å². The molecule has 0 heterocycles. The average Bonchev–Trinajstić information content (AvgIpc) is 2.31. The third kappa shape index (κ3) is 3.22. The second-order valence-electron chi connectivity index (χ2n) is 4.36. The molecular formula is C14H20O3. The van der Waals surface area contributed by atoms with Crippen LogP contribution in [0, 0.1) is 13.8 Å². The van der Waals surface area contributed by atoms with E-state index in [1.807, 2.05) is 26.8 Å². The van der Waals surface area contributed by atoms with Gasteiger partial charge in [-0.1, -0.05) is 13.0 Å². The molecule has 0 aliphatic carbocycles. The first kappa shape index (κ1) is 13.6. The van der Waals surface area contributed by atoms with E-state index in [1.165, 1.54) is 12.7 Å². The zero-order chi connectivity index (χ0) is 13.0. The van der Waals surface area contributed by atoms with Crippen LogP contribution < -0.4 is 4.74 Å². The summed E-state index contributed by atoms with van der Waals surface area (Å²) in [7, 11) is 3.08. The first-order valence-corrected chi connectivity index (χ1v) is 5.71. The van der Waals surface area contributed by atoms with E-state index < -0.39 is 0 Å². The molecule has 0 N–H and O–H groups in total. The molecule has 0 saturated heterocycles. The number of carbonyl (C=O) groups is 1. The highest BCUT2D eigenvalue weighted by molar-refractivity contribution is 5.70. The van der Waals surface area contributed by atoms with E-state index in [9.17, 15) is 4.79 Å². The fourth-order valence-electron chi connectivity index (χ4n) is 2.01. The molecule has 1 rings (SSSR count). The minimum Gasteiger partial charge on any atom is -0.496 e. The van der Waals surface area contributed by atoms with Crippen molar-refractivity contribution in [2.24, 2.45) is 0 Å². The maximum Gasteiger partial charge on any atom is 0.306 e. The van der Waals surface area contributed by atoms with Gasteiger partial charge in [-0.05, 0) is 42.5 Å². The molecule has 0 bridgehead atoms. The number of methoxy groups -OCH3 is 2. The predicted octanol–water partition coefficient (Wildman–Crippen LogP) is 2.98. The molecule has 1 aromatic carbocycles. The maximum absolute atomic E-state index is 11.3. The van der Waals surface area contributed by atoms with Crippen LogP contribution in [-0.2, 0) is 9.53 Å². The summed E-state index contributed by atoms with van der Waals surface area (Å²) in [4.78, 5) is 11.3. The molecule has 3 heteroatoms. The highest BCUT2D eigenvalue weighted by atomic mass is 16.5. The van der Waals surface area contributed by atoms with Crippen LogP contribution >= 0.6 is 0 Å². The number of benzene rings is 1. The zero-order valence-electron chi connectivity index (χ0n) is 11.2. The number of carbonyl (C=O) groups excluding carboxylic acids is 1. The first-order chi connectivity index (χ1) is 7.99. The van der Waals surface area contributed by atoms with E-state index in [-0.39, 0.29) is 11.9 Å². The summed E-state index contributed by atoms with van der Waals surface area (Å²) in [6.45, 7) is 6.07. The second kappa shape index (κ2) is 5.71. The maximum atomic E-state index is 11.3. The van der Waals surface area contributed by atoms with Crippen molar-refractivity contribution in [1.29, 1.82) is 0 Å². The Morgan fingerprint density at radius 2 is 1.88 bits per heavy atom. The highest BCUT2D eigenvalue weighted by Gasteiger charge is 2.15. The summed E-state index contributed by atoms with van der Waals surface area (Å²) in [5.41, 5.74) is 3.40. The van der Waals surface area contributed by atoms with Crippen molar-refractivity contribution in [3.8, 4) is 5.75 Å². The van der Waals surface area contributed by atoms with E-state index in [2.05, 4.69) is 6.07 Å². The Balaban J connectivity index is 2.98. The molecule has 0 aliphatic rings. The number of rotatable bonds is 4. The van der Waals surface area contributed by atoms with Crippen molar-refractivity contribution in [3.05, 3.63) is 28.8 Å². The number of esters is 1. The Morgan fingerprint density at radius 1 is 1.24 bits per heavy atom. The number of ether oxygens (including phenoxy) is 2. The number of hydrogen-bond acceptors (Lipinski definition) is 3. The quantitative estimate of drug-likeness (QED) is 0.754. The lowest BCUT2D eigenvalue weighted by molar-refractivity contribution is -0.140. The lowest BCUT2D eigenvalue weighted by atomic mass is 9.92. The minimum absolute atomic E-state index is 0.159. The molecule has 0 aromatic heterocycles. The number of aryl methyl sites for hydroxylation is 2. The smallest absolute Gasteiger partial charge is 0.306 e. The van der Waals surface area contributed by atoms with Gasteiger partial charge in [-0.2, -0.15) is 0 Å². The monoisotopic (exact) mass is 236 g/mol. The van der Waals surface area contributed by atoms with Gasteiger partial charge in [0.15, 0.2) is 0 Å². The Bertz CT molecular complexity index is 410. The van der Waals surface area contributed by atoms with Crippen molar-refractivity contribution >= 4 is 5.97 Å². The number of hydrogen-bond donors (Lipinski definition) is 0. The van der Waals surface area contributed by atoms with Gasteiger partial charge >= 0.3 is 5.97 Å². The third-order valence-electron chi connectivity index (χ3n) is 3.01. The summed E-state index contributed by atoms with van der Waals surface area (Å²) in [5.74, 6) is 0.869. The SMILES string of the molecule is COC(=O)CC(C)c1cc(C)c(OC)cc1C. The fourth-order valence-corrected chi connectivity index (χ4v) is 2.01. The van der Waals surface area contributed by atoms with Crippen LogP contribution in [0.4, 0.5) is 0 Å². The van der Waals surface area contributed by atoms with E-state index in [0.29, 0.717) is 6.42 Å². The van der Waals surface area contributed by atoms with Gasteiger partial charge in [-0.3, -0.25) is 4.79 Å². The molecule has 0 aliphatic heterocycles. The lowest BCUT2D eigenvalue weighted by Crippen LogP contribution is -2.07. The van der Waals surface area contributed by atoms with Crippen molar-refractivity contribution in [2.45, 2.75) is 33.1 Å². The van der Waals surface area contributed by atoms with Crippen LogP contribution in [-0.4, -0.2) is 20.2 Å². The van der Waals surface area contributed by atoms with Crippen LogP contribution in [0.3, 0.4) is 0 Å². The fraction of sp³-hybridized carbons (Fsp3) is 0.500. The summed E-state index contributed by atoms with van der Waals surface area (Å²) in [6.07, 6.45) is 0.406. The van der Waals surface area contributed by atoms with Gasteiger partial charge in [0.05, 0.1) is 20.6 Å². The second-order valence-corrected chi connectivity index (χ2v) is 4.36. The van der Waals surface area contributed by atoms with Crippen molar-refractivity contribution in [2.75, 3.05) is 14.2 Å². The van der Waals surface area contributed by atoms with Crippen molar-refractivity contribution in [3.63, 3.8) is 0 Å². The lowest BCUT2D eigenvalue weighted by Gasteiger charge is -2.16. The van der Waals surface area contributed by atoms with Crippen LogP contribution in [0.1, 0.15) is 36.0 Å². The van der Waals surface area contributed by atoms with Gasteiger partial charge in [-0.15, -0.1) is 0 Å². The van der Waals surface area contributed by atoms with Gasteiger partial charge in [0.2, 0.25) is 0 Å². The molecule has 1 unspecified atom stereocenters. The molecule has 0 fully saturated rings. The van der Waals surface area contributed by atoms with Crippen LogP contribution in [0.2, 0.25) is 0 Å². The molecule has 3 nitrogen and oxygen atoms in total. The van der Waals surface area contributed by atoms with E-state index in [0.717, 1.165) is 16.9 Å². The molecule has 0 spiro atoms. The Morgan fingerprint density at radius 3 is 2.41 bits per heavy atom. The van der Waals surface area contributed by atoms with Crippen molar-refractivity contribution < 1.29 is 14.3 Å². The summed E-state index contributed by atoms with van der Waals surface area (Å²) < 4.78 is 9.96. The van der Waals surface area contributed by atoms with Crippen molar-refractivity contribution in [1.82, 2.24) is 0 Å². The first-order valence-electron chi connectivity index (χ1n) is 5.71. The zero-order valence-corrected chi connectivity index (χ0v) is 11.2. The molecule has 94 valence electrons. The van der Waals surface area contributed by atoms with E-state index in [4.69, 9.17) is 9.47 Å². The molecule has 0 radical (unpaired) electrons. The summed E-state index contributed by atoms with van der Waals surface area (Å²) in [6, 6.07) is 4.10. The Kier molecular flexibility index (Phi) is 4.55. The molecule has 0 saturated carbocycles. The molecular weight excluding hydrogens is 216 g/mol. The van der Waals surface area contributed by atoms with E-state index in [1.54, 1.807) is 7.11 Å². The van der Waals surface area contributed by atoms with Gasteiger partial charge in [0.1, 0.15) is 5.75 Å². The van der Waals surface area contributed by atoms with Crippen LogP contribution in [0.15, 0.2) is 12.1 Å². The highest BCUT2D eigenvalue weighted by Crippen LogP contribution is 2.29. The average molecular weight is 236 g/mol. The Hall–Kier alpha value is -1.51. The predicted molar refractivity (Wildman–Crippen MR) is 67.5 cm³/mol. The third-order valence-corrected chi connectivity index (χ3v) is 3.01. The van der Waals surface area contributed by atoms with Gasteiger partial charge in [-0.25, -0.2) is 0 Å². The topological polar surface area (TPSA) is 35.5 Å². The van der Waals surface area contributed by atoms with Crippen LogP contribution in [0.5, 0.6) is 5.75 Å². The molecule has 0 amide bonds. The standard InChI is InChI=1S/C14H20O3/c1-9-7-13(16-4)11(3)6-12(9)10(2)8-14(15)17-5/h6-7,10H,8H2,1-5H3. The van der Waals surface area contributed by atoms with Gasteiger partial charge in [0.25, 0.3) is 0 Å². The van der Waals surface area contributed by atoms with Gasteiger partial charge in [0, 0.05) is 0 Å². The largest absolute Gasteiger partial charge is 0.496 e. The summed E-state index contributed by atoms with van der Waals surface area (Å²) >= 11 is 0. The van der Waals surface area contributed by atoms with Gasteiger partial charge < -0.3 is 9.47 Å². The van der Waals surface area contributed by atoms with Crippen LogP contribution in [0.25, 0.3) is 0 Å². The molecule has 1 aromatic rings. The normalized spacial score (nSPS) is 12.1. The molecule has 17 heavy (non-hydrogen) atoms. The minimum atomic E-state index is -0.176. The molecule has 1 atom stereocenters. The van der Waals surface area contributed by atoms with E-state index >= 15 is 0 Å². The summed E-state index contributed by atoms with van der Waals surface area (Å²) in [5, 5.41) is 0.